The lowest BCUT2D eigenvalue weighted by atomic mass is 10.1. The summed E-state index contributed by atoms with van der Waals surface area (Å²) in [4.78, 5) is 0. The molecule has 0 aliphatic heterocycles. The average molecular weight is 198 g/mol. The first kappa shape index (κ1) is 11.2. The molecule has 0 aliphatic rings. The topological polar surface area (TPSA) is 65.1 Å². The van der Waals surface area contributed by atoms with E-state index in [4.69, 9.17) is 10.6 Å². The number of nitrogens with one attached hydrogen (secondary N) is 1. The van der Waals surface area contributed by atoms with E-state index in [-0.39, 0.29) is 6.04 Å². The first-order chi connectivity index (χ1) is 6.76. The van der Waals surface area contributed by atoms with Gasteiger partial charge >= 0.3 is 0 Å². The van der Waals surface area contributed by atoms with E-state index >= 15 is 0 Å². The number of methoxy groups -OCH3 is 1. The van der Waals surface area contributed by atoms with Gasteiger partial charge in [0.2, 0.25) is 0 Å². The third kappa shape index (κ3) is 3.45. The number of nitrogens with zero attached hydrogens (tertiary/aromatic N) is 2. The second kappa shape index (κ2) is 5.74. The van der Waals surface area contributed by atoms with Crippen molar-refractivity contribution in [2.45, 2.75) is 18.9 Å². The van der Waals surface area contributed by atoms with Gasteiger partial charge in [0, 0.05) is 33.0 Å². The molecular weight excluding hydrogens is 180 g/mol. The maximum atomic E-state index is 5.44. The van der Waals surface area contributed by atoms with Gasteiger partial charge in [0.1, 0.15) is 0 Å². The third-order valence-electron chi connectivity index (χ3n) is 2.15. The van der Waals surface area contributed by atoms with Crippen LogP contribution in [0.3, 0.4) is 0 Å². The van der Waals surface area contributed by atoms with Gasteiger partial charge in [-0.2, -0.15) is 5.10 Å². The normalized spacial score (nSPS) is 13.1. The van der Waals surface area contributed by atoms with Gasteiger partial charge in [-0.15, -0.1) is 0 Å². The summed E-state index contributed by atoms with van der Waals surface area (Å²) < 4.78 is 6.79. The SMILES string of the molecule is COCCC(Cc1cnn(C)c1)NN. The van der Waals surface area contributed by atoms with Crippen LogP contribution in [0.2, 0.25) is 0 Å². The molecule has 1 aromatic heterocycles. The van der Waals surface area contributed by atoms with E-state index < -0.39 is 0 Å². The number of aromatic nitrogens is 2. The van der Waals surface area contributed by atoms with E-state index in [1.165, 1.54) is 5.56 Å². The van der Waals surface area contributed by atoms with Crippen molar-refractivity contribution in [3.05, 3.63) is 18.0 Å². The van der Waals surface area contributed by atoms with Crippen LogP contribution >= 0.6 is 0 Å². The highest BCUT2D eigenvalue weighted by Gasteiger charge is 2.08. The monoisotopic (exact) mass is 198 g/mol. The van der Waals surface area contributed by atoms with Crippen LogP contribution in [-0.2, 0) is 18.2 Å². The van der Waals surface area contributed by atoms with E-state index in [1.54, 1.807) is 11.8 Å². The molecule has 80 valence electrons. The second-order valence-corrected chi connectivity index (χ2v) is 3.37. The van der Waals surface area contributed by atoms with Crippen molar-refractivity contribution in [1.82, 2.24) is 15.2 Å². The molecule has 1 unspecified atom stereocenters. The minimum Gasteiger partial charge on any atom is -0.385 e. The van der Waals surface area contributed by atoms with Gasteiger partial charge in [-0.3, -0.25) is 16.0 Å². The first-order valence-corrected chi connectivity index (χ1v) is 4.69. The summed E-state index contributed by atoms with van der Waals surface area (Å²) in [6.45, 7) is 0.717. The number of hydrogen-bond acceptors (Lipinski definition) is 4. The van der Waals surface area contributed by atoms with Crippen LogP contribution < -0.4 is 11.3 Å². The van der Waals surface area contributed by atoms with Crippen molar-refractivity contribution in [2.75, 3.05) is 13.7 Å². The molecule has 5 nitrogen and oxygen atoms in total. The summed E-state index contributed by atoms with van der Waals surface area (Å²) >= 11 is 0. The van der Waals surface area contributed by atoms with Gasteiger partial charge in [-0.25, -0.2) is 0 Å². The van der Waals surface area contributed by atoms with Gasteiger partial charge in [-0.05, 0) is 18.4 Å². The molecule has 0 radical (unpaired) electrons. The van der Waals surface area contributed by atoms with Crippen LogP contribution in [0, 0.1) is 0 Å². The van der Waals surface area contributed by atoms with Gasteiger partial charge < -0.3 is 4.74 Å². The van der Waals surface area contributed by atoms with E-state index in [2.05, 4.69) is 10.5 Å². The molecule has 0 saturated carbocycles. The molecule has 1 aromatic rings. The van der Waals surface area contributed by atoms with Crippen molar-refractivity contribution < 1.29 is 4.74 Å². The highest BCUT2D eigenvalue weighted by molar-refractivity contribution is 5.05. The summed E-state index contributed by atoms with van der Waals surface area (Å²) in [6, 6.07) is 0.249. The number of hydrogen-bond donors (Lipinski definition) is 2. The molecule has 3 N–H and O–H groups in total. The zero-order chi connectivity index (χ0) is 10.4. The zero-order valence-electron chi connectivity index (χ0n) is 8.73. The lowest BCUT2D eigenvalue weighted by Gasteiger charge is -2.13. The summed E-state index contributed by atoms with van der Waals surface area (Å²) in [5.41, 5.74) is 3.96. The first-order valence-electron chi connectivity index (χ1n) is 4.69. The maximum Gasteiger partial charge on any atom is 0.0522 e. The Labute approximate surface area is 84.2 Å². The molecule has 0 spiro atoms. The van der Waals surface area contributed by atoms with E-state index in [0.29, 0.717) is 0 Å². The van der Waals surface area contributed by atoms with Crippen LogP contribution in [0.25, 0.3) is 0 Å². The molecule has 1 atom stereocenters. The Balaban J connectivity index is 2.40. The second-order valence-electron chi connectivity index (χ2n) is 3.37. The van der Waals surface area contributed by atoms with Crippen molar-refractivity contribution in [3.63, 3.8) is 0 Å². The predicted molar refractivity (Wildman–Crippen MR) is 54.5 cm³/mol. The van der Waals surface area contributed by atoms with Crippen molar-refractivity contribution in [1.29, 1.82) is 0 Å². The quantitative estimate of drug-likeness (QED) is 0.492. The average Bonchev–Trinajstić information content (AvgIpc) is 2.58. The smallest absolute Gasteiger partial charge is 0.0522 e. The highest BCUT2D eigenvalue weighted by Crippen LogP contribution is 2.03. The Kier molecular flexibility index (Phi) is 4.58. The largest absolute Gasteiger partial charge is 0.385 e. The molecule has 1 heterocycles. The Bertz CT molecular complexity index is 261. The fourth-order valence-corrected chi connectivity index (χ4v) is 1.37. The molecule has 0 aliphatic carbocycles. The molecule has 0 amide bonds. The van der Waals surface area contributed by atoms with Gasteiger partial charge in [-0.1, -0.05) is 0 Å². The van der Waals surface area contributed by atoms with Crippen LogP contribution in [0.4, 0.5) is 0 Å². The summed E-state index contributed by atoms with van der Waals surface area (Å²) in [7, 11) is 3.60. The number of rotatable bonds is 6. The van der Waals surface area contributed by atoms with Crippen molar-refractivity contribution in [2.24, 2.45) is 12.9 Å². The molecule has 5 heteroatoms. The Morgan fingerprint density at radius 3 is 3.00 bits per heavy atom. The standard InChI is InChI=1S/C9H18N4O/c1-13-7-8(6-11-13)5-9(12-10)3-4-14-2/h6-7,9,12H,3-5,10H2,1-2H3. The molecule has 0 fully saturated rings. The van der Waals surface area contributed by atoms with Gasteiger partial charge in [0.05, 0.1) is 6.20 Å². The summed E-state index contributed by atoms with van der Waals surface area (Å²) in [5, 5.41) is 4.10. The molecule has 0 bridgehead atoms. The van der Waals surface area contributed by atoms with Crippen LogP contribution in [0.5, 0.6) is 0 Å². The van der Waals surface area contributed by atoms with Crippen LogP contribution in [-0.4, -0.2) is 29.5 Å². The lowest BCUT2D eigenvalue weighted by Crippen LogP contribution is -2.37. The summed E-state index contributed by atoms with van der Waals surface area (Å²) in [6.07, 6.45) is 5.64. The zero-order valence-corrected chi connectivity index (χ0v) is 8.73. The fraction of sp³-hybridized carbons (Fsp3) is 0.667. The van der Waals surface area contributed by atoms with Gasteiger partial charge in [0.25, 0.3) is 0 Å². The highest BCUT2D eigenvalue weighted by atomic mass is 16.5. The van der Waals surface area contributed by atoms with E-state index in [1.807, 2.05) is 19.4 Å². The maximum absolute atomic E-state index is 5.44. The third-order valence-corrected chi connectivity index (χ3v) is 2.15. The van der Waals surface area contributed by atoms with Crippen LogP contribution in [0.15, 0.2) is 12.4 Å². The fourth-order valence-electron chi connectivity index (χ4n) is 1.37. The number of hydrazine groups is 1. The minimum atomic E-state index is 0.249. The number of aryl methyl sites for hydroxylation is 1. The van der Waals surface area contributed by atoms with Gasteiger partial charge in [0.15, 0.2) is 0 Å². The molecule has 0 aromatic carbocycles. The Morgan fingerprint density at radius 2 is 2.50 bits per heavy atom. The molecule has 14 heavy (non-hydrogen) atoms. The van der Waals surface area contributed by atoms with E-state index in [0.717, 1.165) is 19.4 Å². The minimum absolute atomic E-state index is 0.249. The Morgan fingerprint density at radius 1 is 1.71 bits per heavy atom. The van der Waals surface area contributed by atoms with Crippen LogP contribution in [0.1, 0.15) is 12.0 Å². The molecule has 0 saturated heterocycles. The lowest BCUT2D eigenvalue weighted by molar-refractivity contribution is 0.182. The molecule has 1 rings (SSSR count). The summed E-state index contributed by atoms with van der Waals surface area (Å²) in [5.74, 6) is 5.44. The molecular formula is C9H18N4O. The Hall–Kier alpha value is -0.910. The van der Waals surface area contributed by atoms with Crippen molar-refractivity contribution >= 4 is 0 Å². The predicted octanol–water partition coefficient (Wildman–Crippen LogP) is -0.169. The number of nitrogens with two attached hydrogens (primary N) is 1. The van der Waals surface area contributed by atoms with E-state index in [9.17, 15) is 0 Å². The number of ether oxygens (including phenoxy) is 1. The van der Waals surface area contributed by atoms with Crippen molar-refractivity contribution in [3.8, 4) is 0 Å².